The molecule has 1 fully saturated rings. The third-order valence-electron chi connectivity index (χ3n) is 4.82. The van der Waals surface area contributed by atoms with E-state index in [-0.39, 0.29) is 12.6 Å². The maximum atomic E-state index is 12.8. The highest BCUT2D eigenvalue weighted by atomic mass is 32.2. The molecule has 0 spiro atoms. The highest BCUT2D eigenvalue weighted by Crippen LogP contribution is 2.15. The second-order valence-electron chi connectivity index (χ2n) is 6.90. The molecule has 1 N–H and O–H groups in total. The van der Waals surface area contributed by atoms with E-state index >= 15 is 0 Å². The van der Waals surface area contributed by atoms with Gasteiger partial charge in [0.25, 0.3) is 0 Å². The Morgan fingerprint density at radius 1 is 1.32 bits per heavy atom. The Morgan fingerprint density at radius 3 is 2.68 bits per heavy atom. The van der Waals surface area contributed by atoms with Crippen LogP contribution >= 0.6 is 0 Å². The van der Waals surface area contributed by atoms with Crippen molar-refractivity contribution in [2.24, 2.45) is 4.99 Å². The van der Waals surface area contributed by atoms with Gasteiger partial charge >= 0.3 is 0 Å². The number of hydrogen-bond acceptors (Lipinski definition) is 6. The summed E-state index contributed by atoms with van der Waals surface area (Å²) < 4.78 is 27.0. The fraction of sp³-hybridized carbons (Fsp3) is 0.684. The second kappa shape index (κ2) is 11.3. The maximum absolute atomic E-state index is 12.8. The van der Waals surface area contributed by atoms with Crippen molar-refractivity contribution in [3.8, 4) is 11.8 Å². The van der Waals surface area contributed by atoms with Crippen LogP contribution in [0, 0.1) is 11.8 Å². The normalized spacial score (nSPS) is 21.7. The van der Waals surface area contributed by atoms with Gasteiger partial charge in [-0.3, -0.25) is 19.9 Å². The van der Waals surface area contributed by atoms with E-state index in [2.05, 4.69) is 34.7 Å². The van der Waals surface area contributed by atoms with Gasteiger partial charge in [-0.2, -0.15) is 4.31 Å². The number of sulfonamides is 1. The third kappa shape index (κ3) is 6.71. The fourth-order valence-corrected chi connectivity index (χ4v) is 4.72. The number of piperazine rings is 1. The lowest BCUT2D eigenvalue weighted by molar-refractivity contribution is -0.153. The van der Waals surface area contributed by atoms with Crippen molar-refractivity contribution in [2.75, 3.05) is 31.9 Å². The minimum Gasteiger partial charge on any atom is -0.285 e. The van der Waals surface area contributed by atoms with E-state index < -0.39 is 21.8 Å². The Hall–Kier alpha value is -1.73. The van der Waals surface area contributed by atoms with Gasteiger partial charge < -0.3 is 0 Å². The van der Waals surface area contributed by atoms with Crippen LogP contribution in [-0.2, 0) is 14.8 Å². The summed E-state index contributed by atoms with van der Waals surface area (Å²) in [6.45, 7) is 3.95. The van der Waals surface area contributed by atoms with Crippen molar-refractivity contribution in [2.45, 2.75) is 51.2 Å². The summed E-state index contributed by atoms with van der Waals surface area (Å²) >= 11 is 0. The first-order valence-electron chi connectivity index (χ1n) is 9.79. The van der Waals surface area contributed by atoms with Crippen LogP contribution in [-0.4, -0.2) is 84.7 Å². The number of carbonyl (C=O) groups excluding carboxylic acids is 1. The molecule has 0 bridgehead atoms. The third-order valence-corrected chi connectivity index (χ3v) is 6.71. The molecule has 0 radical (unpaired) electrons. The number of amides is 1. The smallest absolute Gasteiger partial charge is 0.234 e. The Balaban J connectivity index is 1.94. The number of unbranched alkanes of at least 4 members (excludes halogenated alkanes) is 3. The quantitative estimate of drug-likeness (QED) is 0.153. The van der Waals surface area contributed by atoms with Crippen LogP contribution in [0.25, 0.3) is 0 Å². The number of carbonyl (C=O) groups is 1. The summed E-state index contributed by atoms with van der Waals surface area (Å²) in [7, 11) is -3.65. The molecule has 0 aromatic rings. The van der Waals surface area contributed by atoms with Crippen LogP contribution in [0.5, 0.6) is 0 Å². The largest absolute Gasteiger partial charge is 0.285 e. The molecule has 1 amide bonds. The van der Waals surface area contributed by atoms with E-state index in [1.807, 2.05) is 12.3 Å². The molecule has 2 heterocycles. The first-order valence-corrected chi connectivity index (χ1v) is 11.4. The van der Waals surface area contributed by atoms with E-state index in [0.29, 0.717) is 37.7 Å². The van der Waals surface area contributed by atoms with Gasteiger partial charge in [-0.1, -0.05) is 31.8 Å². The van der Waals surface area contributed by atoms with Gasteiger partial charge in [0.05, 0.1) is 5.75 Å². The van der Waals surface area contributed by atoms with Gasteiger partial charge in [0.1, 0.15) is 12.2 Å². The zero-order valence-corrected chi connectivity index (χ0v) is 17.2. The zero-order chi connectivity index (χ0) is 20.4. The number of rotatable bonds is 9. The summed E-state index contributed by atoms with van der Waals surface area (Å²) in [4.78, 5) is 17.5. The predicted octanol–water partition coefficient (Wildman–Crippen LogP) is 1.09. The second-order valence-corrected chi connectivity index (χ2v) is 8.92. The lowest BCUT2D eigenvalue weighted by Crippen LogP contribution is -2.53. The number of allylic oxidation sites excluding steroid dienone is 1. The van der Waals surface area contributed by atoms with Crippen molar-refractivity contribution in [1.29, 1.82) is 0 Å². The predicted molar refractivity (Wildman–Crippen MR) is 108 cm³/mol. The van der Waals surface area contributed by atoms with Crippen LogP contribution < -0.4 is 0 Å². The molecular weight excluding hydrogens is 380 g/mol. The molecule has 9 heteroatoms. The molecule has 0 aromatic carbocycles. The Labute approximate surface area is 167 Å². The molecule has 8 nitrogen and oxygen atoms in total. The Morgan fingerprint density at radius 2 is 2.07 bits per heavy atom. The molecule has 2 atom stereocenters. The van der Waals surface area contributed by atoms with Gasteiger partial charge in [0.15, 0.2) is 0 Å². The summed E-state index contributed by atoms with van der Waals surface area (Å²) in [5.74, 6) is 5.21. The fourth-order valence-electron chi connectivity index (χ4n) is 3.16. The van der Waals surface area contributed by atoms with Crippen LogP contribution in [0.15, 0.2) is 17.1 Å². The minimum absolute atomic E-state index is 0.0247. The van der Waals surface area contributed by atoms with E-state index in [0.717, 1.165) is 25.7 Å². The molecule has 0 aromatic heterocycles. The molecular formula is C19H30N4O4S. The number of hydrogen-bond donors (Lipinski definition) is 1. The monoisotopic (exact) mass is 410 g/mol. The first-order chi connectivity index (χ1) is 13.5. The van der Waals surface area contributed by atoms with Crippen LogP contribution in [0.4, 0.5) is 0 Å². The average Bonchev–Trinajstić information content (AvgIpc) is 2.73. The molecule has 2 aliphatic heterocycles. The molecule has 2 aliphatic rings. The zero-order valence-electron chi connectivity index (χ0n) is 16.4. The summed E-state index contributed by atoms with van der Waals surface area (Å²) in [5, 5.41) is 10.1. The first kappa shape index (κ1) is 22.6. The topological polar surface area (TPSA) is 93.5 Å². The van der Waals surface area contributed by atoms with Crippen molar-refractivity contribution in [3.05, 3.63) is 12.2 Å². The number of dihydropyridines is 1. The van der Waals surface area contributed by atoms with Crippen LogP contribution in [0.1, 0.15) is 39.0 Å². The molecule has 2 rings (SSSR count). The Bertz CT molecular complexity index is 706. The van der Waals surface area contributed by atoms with E-state index in [9.17, 15) is 18.4 Å². The highest BCUT2D eigenvalue weighted by Gasteiger charge is 2.32. The minimum atomic E-state index is -3.65. The maximum Gasteiger partial charge on any atom is 0.234 e. The van der Waals surface area contributed by atoms with Crippen LogP contribution in [0.2, 0.25) is 0 Å². The summed E-state index contributed by atoms with van der Waals surface area (Å²) in [5.41, 5.74) is 0. The molecule has 156 valence electrons. The number of nitrogens with zero attached hydrogens (tertiary/aromatic N) is 4. The lowest BCUT2D eigenvalue weighted by Gasteiger charge is -2.37. The van der Waals surface area contributed by atoms with Gasteiger partial charge in [0, 0.05) is 45.2 Å². The lowest BCUT2D eigenvalue weighted by atomic mass is 10.2. The molecule has 1 saturated heterocycles. The Kier molecular flexibility index (Phi) is 9.12. The van der Waals surface area contributed by atoms with Gasteiger partial charge in [-0.25, -0.2) is 13.5 Å². The number of hydroxylamine groups is 2. The van der Waals surface area contributed by atoms with E-state index in [1.165, 1.54) is 4.31 Å². The van der Waals surface area contributed by atoms with E-state index in [4.69, 9.17) is 0 Å². The molecule has 0 aliphatic carbocycles. The van der Waals surface area contributed by atoms with E-state index in [1.54, 1.807) is 0 Å². The summed E-state index contributed by atoms with van der Waals surface area (Å²) in [6, 6.07) is -1.06. The summed E-state index contributed by atoms with van der Waals surface area (Å²) in [6.07, 6.45) is 10.6. The number of aliphatic imine (C=N–C) groups is 1. The highest BCUT2D eigenvalue weighted by molar-refractivity contribution is 7.89. The van der Waals surface area contributed by atoms with Gasteiger partial charge in [-0.05, 0) is 12.5 Å². The van der Waals surface area contributed by atoms with Gasteiger partial charge in [0.2, 0.25) is 16.4 Å². The van der Waals surface area contributed by atoms with Gasteiger partial charge in [-0.15, -0.1) is 5.92 Å². The average molecular weight is 411 g/mol. The molecule has 28 heavy (non-hydrogen) atoms. The van der Waals surface area contributed by atoms with Crippen molar-refractivity contribution in [1.82, 2.24) is 14.3 Å². The van der Waals surface area contributed by atoms with Crippen molar-refractivity contribution in [3.63, 3.8) is 0 Å². The SMILES string of the molecule is CCCCCC#CC(CS(=O)(=O)N1CCN(C2C=CCC=N2)CC1)N(O)C=O. The standard InChI is InChI=1S/C19H30N4O4S/c1-2-3-4-5-6-9-18(23(25)17-24)16-28(26,27)22-14-12-21(13-15-22)19-10-7-8-11-20-19/h7,10-11,17-19,25H,2-5,8,12-16H2,1H3. The van der Waals surface area contributed by atoms with Crippen molar-refractivity contribution >= 4 is 22.6 Å². The molecule has 0 saturated carbocycles. The molecule has 2 unspecified atom stereocenters. The van der Waals surface area contributed by atoms with Crippen molar-refractivity contribution < 1.29 is 18.4 Å². The van der Waals surface area contributed by atoms with Crippen LogP contribution in [0.3, 0.4) is 0 Å².